The lowest BCUT2D eigenvalue weighted by Gasteiger charge is -2.31. The van der Waals surface area contributed by atoms with Crippen molar-refractivity contribution in [3.63, 3.8) is 0 Å². The lowest BCUT2D eigenvalue weighted by Crippen LogP contribution is -2.38. The average molecular weight is 401 g/mol. The molecule has 1 saturated carbocycles. The molecule has 1 aliphatic carbocycles. The highest BCUT2D eigenvalue weighted by atomic mass is 35.5. The molecule has 2 fully saturated rings. The highest BCUT2D eigenvalue weighted by Gasteiger charge is 2.37. The zero-order valence-corrected chi connectivity index (χ0v) is 15.9. The Balaban J connectivity index is 1.66. The van der Waals surface area contributed by atoms with Crippen molar-refractivity contribution in [2.45, 2.75) is 56.8 Å². The molecule has 1 heterocycles. The minimum Gasteiger partial charge on any atom is -0.462 e. The number of halogens is 2. The summed E-state index contributed by atoms with van der Waals surface area (Å²) in [6.45, 7) is 0.452. The van der Waals surface area contributed by atoms with Gasteiger partial charge in [-0.2, -0.15) is 0 Å². The minimum absolute atomic E-state index is 0.0134. The van der Waals surface area contributed by atoms with Gasteiger partial charge in [-0.1, -0.05) is 36.0 Å². The number of rotatable bonds is 5. The SMILES string of the molecule is O=CO[C@H]1CC[C@@H]2CCCC[C@H]2O[C@@H]1COC(=O)c1ccc(Cl)cc1Cl. The van der Waals surface area contributed by atoms with Crippen LogP contribution in [0.2, 0.25) is 10.0 Å². The summed E-state index contributed by atoms with van der Waals surface area (Å²) in [6.07, 6.45) is 5.38. The number of carbonyl (C=O) groups is 2. The Morgan fingerprint density at radius 3 is 2.77 bits per heavy atom. The first-order valence-corrected chi connectivity index (χ1v) is 9.71. The standard InChI is InChI=1S/C19H22Cl2O5/c20-13-6-7-14(15(21)9-13)19(23)24-10-18-17(25-11-22)8-5-12-3-1-2-4-16(12)26-18/h6-7,9,11-12,16-18H,1-5,8,10H2/t12-,16+,17-,18+/m0/s1. The van der Waals surface area contributed by atoms with Gasteiger partial charge in [0.05, 0.1) is 16.7 Å². The smallest absolute Gasteiger partial charge is 0.339 e. The fourth-order valence-electron chi connectivity index (χ4n) is 3.82. The molecule has 2 aliphatic rings. The van der Waals surface area contributed by atoms with Crippen molar-refractivity contribution in [2.24, 2.45) is 5.92 Å². The Hall–Kier alpha value is -1.30. The van der Waals surface area contributed by atoms with E-state index in [1.165, 1.54) is 18.6 Å². The molecule has 0 radical (unpaired) electrons. The largest absolute Gasteiger partial charge is 0.462 e. The second-order valence-electron chi connectivity index (χ2n) is 6.83. The van der Waals surface area contributed by atoms with Crippen LogP contribution in [0.15, 0.2) is 18.2 Å². The second-order valence-corrected chi connectivity index (χ2v) is 7.67. The number of esters is 1. The maximum Gasteiger partial charge on any atom is 0.339 e. The normalized spacial score (nSPS) is 28.5. The lowest BCUT2D eigenvalue weighted by molar-refractivity contribution is -0.150. The molecule has 142 valence electrons. The molecule has 1 aromatic rings. The highest BCUT2D eigenvalue weighted by Crippen LogP contribution is 2.35. The maximum absolute atomic E-state index is 12.3. The molecule has 0 aromatic heterocycles. The summed E-state index contributed by atoms with van der Waals surface area (Å²) in [4.78, 5) is 23.2. The van der Waals surface area contributed by atoms with Gasteiger partial charge in [-0.25, -0.2) is 4.79 Å². The topological polar surface area (TPSA) is 61.8 Å². The zero-order valence-electron chi connectivity index (χ0n) is 14.4. The highest BCUT2D eigenvalue weighted by molar-refractivity contribution is 6.36. The third kappa shape index (κ3) is 4.70. The van der Waals surface area contributed by atoms with E-state index in [0.717, 1.165) is 25.7 Å². The Labute approximate surface area is 162 Å². The van der Waals surface area contributed by atoms with Crippen molar-refractivity contribution in [2.75, 3.05) is 6.61 Å². The van der Waals surface area contributed by atoms with Gasteiger partial charge in [0.2, 0.25) is 0 Å². The molecule has 7 heteroatoms. The molecule has 0 unspecified atom stereocenters. The van der Waals surface area contributed by atoms with Gasteiger partial charge < -0.3 is 14.2 Å². The number of benzene rings is 1. The Bertz CT molecular complexity index is 651. The van der Waals surface area contributed by atoms with Gasteiger partial charge >= 0.3 is 5.97 Å². The minimum atomic E-state index is -0.551. The molecule has 1 aliphatic heterocycles. The van der Waals surface area contributed by atoms with Crippen molar-refractivity contribution < 1.29 is 23.8 Å². The van der Waals surface area contributed by atoms with Crippen LogP contribution in [0.1, 0.15) is 48.9 Å². The van der Waals surface area contributed by atoms with Crippen LogP contribution in [-0.4, -0.2) is 37.4 Å². The van der Waals surface area contributed by atoms with E-state index >= 15 is 0 Å². The van der Waals surface area contributed by atoms with Gasteiger partial charge in [0.15, 0.2) is 0 Å². The van der Waals surface area contributed by atoms with Crippen LogP contribution in [0.4, 0.5) is 0 Å². The molecule has 1 saturated heterocycles. The van der Waals surface area contributed by atoms with Gasteiger partial charge in [-0.3, -0.25) is 4.79 Å². The number of ether oxygens (including phenoxy) is 3. The van der Waals surface area contributed by atoms with Crippen molar-refractivity contribution in [1.82, 2.24) is 0 Å². The van der Waals surface area contributed by atoms with Crippen molar-refractivity contribution in [3.05, 3.63) is 33.8 Å². The van der Waals surface area contributed by atoms with Gasteiger partial charge in [-0.15, -0.1) is 0 Å². The van der Waals surface area contributed by atoms with Crippen molar-refractivity contribution in [3.8, 4) is 0 Å². The Morgan fingerprint density at radius 1 is 1.19 bits per heavy atom. The van der Waals surface area contributed by atoms with Gasteiger partial charge in [0.1, 0.15) is 18.8 Å². The third-order valence-electron chi connectivity index (χ3n) is 5.19. The van der Waals surface area contributed by atoms with Crippen molar-refractivity contribution in [1.29, 1.82) is 0 Å². The summed E-state index contributed by atoms with van der Waals surface area (Å²) in [5.74, 6) is -0.0718. The number of carbonyl (C=O) groups excluding carboxylic acids is 2. The molecule has 26 heavy (non-hydrogen) atoms. The van der Waals surface area contributed by atoms with E-state index in [4.69, 9.17) is 37.4 Å². The van der Waals surface area contributed by atoms with Crippen LogP contribution in [0.5, 0.6) is 0 Å². The van der Waals surface area contributed by atoms with E-state index in [9.17, 15) is 9.59 Å². The molecule has 0 N–H and O–H groups in total. The number of fused-ring (bicyclic) bond motifs is 1. The predicted molar refractivity (Wildman–Crippen MR) is 97.5 cm³/mol. The molecular weight excluding hydrogens is 379 g/mol. The molecule has 0 amide bonds. The van der Waals surface area contributed by atoms with Crippen LogP contribution in [-0.2, 0) is 19.0 Å². The first kappa shape index (κ1) is 19.5. The first-order valence-electron chi connectivity index (χ1n) is 8.95. The second kappa shape index (κ2) is 9.07. The average Bonchev–Trinajstić information content (AvgIpc) is 2.80. The van der Waals surface area contributed by atoms with E-state index in [0.29, 0.717) is 23.8 Å². The molecule has 5 nitrogen and oxygen atoms in total. The fraction of sp³-hybridized carbons (Fsp3) is 0.579. The molecule has 1 aromatic carbocycles. The molecule has 3 rings (SSSR count). The summed E-state index contributed by atoms with van der Waals surface area (Å²) >= 11 is 11.9. The van der Waals surface area contributed by atoms with Gasteiger partial charge in [-0.05, 0) is 49.8 Å². The van der Waals surface area contributed by atoms with Crippen LogP contribution in [0, 0.1) is 5.92 Å². The fourth-order valence-corrected chi connectivity index (χ4v) is 4.31. The monoisotopic (exact) mass is 400 g/mol. The van der Waals surface area contributed by atoms with E-state index in [1.807, 2.05) is 0 Å². The maximum atomic E-state index is 12.3. The zero-order chi connectivity index (χ0) is 18.5. The molecule has 4 atom stereocenters. The molecular formula is C19H22Cl2O5. The van der Waals surface area contributed by atoms with Crippen LogP contribution < -0.4 is 0 Å². The Kier molecular flexibility index (Phi) is 6.79. The van der Waals surface area contributed by atoms with E-state index in [-0.39, 0.29) is 23.3 Å². The van der Waals surface area contributed by atoms with Crippen LogP contribution >= 0.6 is 23.2 Å². The molecule has 0 bridgehead atoms. The van der Waals surface area contributed by atoms with E-state index in [1.54, 1.807) is 6.07 Å². The summed E-state index contributed by atoms with van der Waals surface area (Å²) in [5.41, 5.74) is 0.244. The van der Waals surface area contributed by atoms with Crippen LogP contribution in [0.3, 0.4) is 0 Å². The lowest BCUT2D eigenvalue weighted by atomic mass is 9.83. The summed E-state index contributed by atoms with van der Waals surface area (Å²) < 4.78 is 16.8. The van der Waals surface area contributed by atoms with Gasteiger partial charge in [0.25, 0.3) is 6.47 Å². The van der Waals surface area contributed by atoms with E-state index < -0.39 is 18.2 Å². The van der Waals surface area contributed by atoms with E-state index in [2.05, 4.69) is 0 Å². The predicted octanol–water partition coefficient (Wildman–Crippen LogP) is 4.43. The third-order valence-corrected chi connectivity index (χ3v) is 5.73. The summed E-state index contributed by atoms with van der Waals surface area (Å²) in [6, 6.07) is 4.60. The molecule has 0 spiro atoms. The Morgan fingerprint density at radius 2 is 2.00 bits per heavy atom. The van der Waals surface area contributed by atoms with Crippen LogP contribution in [0.25, 0.3) is 0 Å². The summed E-state index contributed by atoms with van der Waals surface area (Å²) in [7, 11) is 0. The number of hydrogen-bond donors (Lipinski definition) is 0. The summed E-state index contributed by atoms with van der Waals surface area (Å²) in [5, 5.41) is 0.679. The van der Waals surface area contributed by atoms with Gasteiger partial charge in [0, 0.05) is 5.02 Å². The van der Waals surface area contributed by atoms with Crippen molar-refractivity contribution >= 4 is 35.6 Å². The quantitative estimate of drug-likeness (QED) is 0.540. The number of hydrogen-bond acceptors (Lipinski definition) is 5. The first-order chi connectivity index (χ1) is 12.6.